The predicted octanol–water partition coefficient (Wildman–Crippen LogP) is 12.5. The van der Waals surface area contributed by atoms with Gasteiger partial charge in [-0.1, -0.05) is 133 Å². The number of fused-ring (bicyclic) bond motifs is 11. The summed E-state index contributed by atoms with van der Waals surface area (Å²) in [5.41, 5.74) is 13.3. The second-order valence-corrected chi connectivity index (χ2v) is 14.9. The first-order valence-corrected chi connectivity index (χ1v) is 19.1. The van der Waals surface area contributed by atoms with Crippen LogP contribution in [0.25, 0.3) is 83.0 Å². The molecule has 260 valence electrons. The van der Waals surface area contributed by atoms with Crippen molar-refractivity contribution in [1.29, 1.82) is 0 Å². The van der Waals surface area contributed by atoms with Crippen LogP contribution in [0.4, 0.5) is 0 Å². The number of ether oxygens (including phenoxy) is 1. The van der Waals surface area contributed by atoms with Crippen LogP contribution < -0.4 is 5.32 Å². The maximum atomic E-state index is 6.53. The third-order valence-electron chi connectivity index (χ3n) is 11.9. The summed E-state index contributed by atoms with van der Waals surface area (Å²) in [7, 11) is 0. The average molecular weight is 706 g/mol. The topological polar surface area (TPSA) is 31.1 Å². The van der Waals surface area contributed by atoms with Gasteiger partial charge in [0.15, 0.2) is 0 Å². The Balaban J connectivity index is 0.932. The second kappa shape index (κ2) is 11.9. The van der Waals surface area contributed by atoms with Gasteiger partial charge in [0, 0.05) is 32.9 Å². The van der Waals surface area contributed by atoms with Gasteiger partial charge in [-0.25, -0.2) is 0 Å². The van der Waals surface area contributed by atoms with Crippen molar-refractivity contribution in [3.8, 4) is 22.5 Å². The Kier molecular flexibility index (Phi) is 6.64. The van der Waals surface area contributed by atoms with E-state index in [9.17, 15) is 0 Å². The van der Waals surface area contributed by atoms with Gasteiger partial charge in [-0.3, -0.25) is 5.32 Å². The van der Waals surface area contributed by atoms with Crippen LogP contribution in [0, 0.1) is 0 Å². The Bertz CT molecular complexity index is 3120. The summed E-state index contributed by atoms with van der Waals surface area (Å²) in [5.74, 6) is 0. The van der Waals surface area contributed by atoms with E-state index < -0.39 is 0 Å². The van der Waals surface area contributed by atoms with Crippen molar-refractivity contribution in [2.24, 2.45) is 0 Å². The summed E-state index contributed by atoms with van der Waals surface area (Å²) in [6.07, 6.45) is 4.28. The maximum Gasteiger partial charge on any atom is 0.135 e. The van der Waals surface area contributed by atoms with Gasteiger partial charge in [0.1, 0.15) is 6.23 Å². The number of nitrogens with one attached hydrogen (secondary N) is 1. The van der Waals surface area contributed by atoms with Crippen LogP contribution in [0.5, 0.6) is 0 Å². The normalized spacial score (nSPS) is 17.8. The van der Waals surface area contributed by atoms with E-state index in [1.807, 2.05) is 6.07 Å². The van der Waals surface area contributed by atoms with E-state index in [0.29, 0.717) is 0 Å². The molecule has 55 heavy (non-hydrogen) atoms. The molecule has 10 aromatic rings. The van der Waals surface area contributed by atoms with E-state index in [2.05, 4.69) is 196 Å². The van der Waals surface area contributed by atoms with Crippen LogP contribution in [-0.2, 0) is 4.74 Å². The molecule has 1 N–H and O–H groups in total. The molecule has 12 rings (SSSR count). The number of hydrogen-bond acceptors (Lipinski definition) is 2. The summed E-state index contributed by atoms with van der Waals surface area (Å²) in [6.45, 7) is 0. The lowest BCUT2D eigenvalue weighted by Gasteiger charge is -2.24. The number of rotatable bonds is 4. The van der Waals surface area contributed by atoms with Crippen molar-refractivity contribution < 1.29 is 4.74 Å². The Morgan fingerprint density at radius 1 is 0.455 bits per heavy atom. The predicted molar refractivity (Wildman–Crippen MR) is 227 cm³/mol. The summed E-state index contributed by atoms with van der Waals surface area (Å²) in [5, 5.41) is 11.3. The minimum atomic E-state index is -0.137. The first-order chi connectivity index (χ1) is 27.3. The molecule has 1 aliphatic carbocycles. The van der Waals surface area contributed by atoms with Gasteiger partial charge in [-0.15, -0.1) is 0 Å². The van der Waals surface area contributed by atoms with Crippen LogP contribution in [-0.4, -0.2) is 15.2 Å². The van der Waals surface area contributed by atoms with Gasteiger partial charge in [-0.2, -0.15) is 0 Å². The summed E-state index contributed by atoms with van der Waals surface area (Å²) in [6, 6.07) is 64.1. The lowest BCUT2D eigenvalue weighted by molar-refractivity contribution is 0.0619. The highest BCUT2D eigenvalue weighted by molar-refractivity contribution is 6.11. The molecule has 1 saturated heterocycles. The Labute approximate surface area is 318 Å². The zero-order chi connectivity index (χ0) is 36.0. The van der Waals surface area contributed by atoms with E-state index in [4.69, 9.17) is 4.74 Å². The molecule has 0 radical (unpaired) electrons. The van der Waals surface area contributed by atoms with E-state index in [1.54, 1.807) is 0 Å². The van der Waals surface area contributed by atoms with E-state index in [1.165, 1.54) is 76.6 Å². The molecule has 0 saturated carbocycles. The van der Waals surface area contributed by atoms with Crippen LogP contribution in [0.3, 0.4) is 0 Å². The smallest absolute Gasteiger partial charge is 0.135 e. The average Bonchev–Trinajstić information content (AvgIpc) is 3.94. The molecule has 4 nitrogen and oxygen atoms in total. The lowest BCUT2D eigenvalue weighted by Crippen LogP contribution is -2.24. The minimum Gasteiger partial charge on any atom is -0.350 e. The maximum absolute atomic E-state index is 6.53. The van der Waals surface area contributed by atoms with Crippen molar-refractivity contribution in [2.75, 3.05) is 0 Å². The van der Waals surface area contributed by atoms with Gasteiger partial charge < -0.3 is 13.9 Å². The van der Waals surface area contributed by atoms with Crippen LogP contribution in [0.2, 0.25) is 0 Å². The number of benzene rings is 8. The number of aromatic nitrogens is 2. The number of nitrogens with zero attached hydrogens (tertiary/aromatic N) is 2. The molecule has 3 unspecified atom stereocenters. The van der Waals surface area contributed by atoms with E-state index in [-0.39, 0.29) is 18.4 Å². The lowest BCUT2D eigenvalue weighted by atomic mass is 9.87. The SMILES string of the molecule is C1=CC2OC(c3ccccc3)NC2c2c1ccc1cc(-n3c4ccccc4c4cc(-c5ccc(-n6c7ccccc7c7ccccc76)cc5)ccc43)ccc21. The molecule has 3 heterocycles. The van der Waals surface area contributed by atoms with Crippen LogP contribution in [0.1, 0.15) is 29.0 Å². The van der Waals surface area contributed by atoms with Gasteiger partial charge >= 0.3 is 0 Å². The van der Waals surface area contributed by atoms with E-state index in [0.717, 1.165) is 16.9 Å². The monoisotopic (exact) mass is 705 g/mol. The van der Waals surface area contributed by atoms with Crippen molar-refractivity contribution in [3.63, 3.8) is 0 Å². The first kappa shape index (κ1) is 30.7. The largest absolute Gasteiger partial charge is 0.350 e. The zero-order valence-electron chi connectivity index (χ0n) is 29.9. The highest BCUT2D eigenvalue weighted by atomic mass is 16.5. The highest BCUT2D eigenvalue weighted by Crippen LogP contribution is 2.43. The number of hydrogen-bond donors (Lipinski definition) is 1. The van der Waals surface area contributed by atoms with Gasteiger partial charge in [-0.05, 0) is 93.2 Å². The summed E-state index contributed by atoms with van der Waals surface area (Å²) < 4.78 is 11.3. The first-order valence-electron chi connectivity index (χ1n) is 19.1. The van der Waals surface area contributed by atoms with Crippen molar-refractivity contribution >= 4 is 60.5 Å². The summed E-state index contributed by atoms with van der Waals surface area (Å²) >= 11 is 0. The van der Waals surface area contributed by atoms with Crippen molar-refractivity contribution in [2.45, 2.75) is 18.4 Å². The Morgan fingerprint density at radius 2 is 1.05 bits per heavy atom. The van der Waals surface area contributed by atoms with Crippen molar-refractivity contribution in [1.82, 2.24) is 14.5 Å². The molecule has 3 atom stereocenters. The Morgan fingerprint density at radius 3 is 1.78 bits per heavy atom. The zero-order valence-corrected chi connectivity index (χ0v) is 29.9. The molecular weight excluding hydrogens is 671 g/mol. The molecule has 0 spiro atoms. The van der Waals surface area contributed by atoms with E-state index >= 15 is 0 Å². The number of para-hydroxylation sites is 3. The van der Waals surface area contributed by atoms with Crippen LogP contribution >= 0.6 is 0 Å². The highest BCUT2D eigenvalue weighted by Gasteiger charge is 2.38. The molecule has 1 aliphatic heterocycles. The second-order valence-electron chi connectivity index (χ2n) is 14.9. The third kappa shape index (κ3) is 4.66. The fourth-order valence-electron chi connectivity index (χ4n) is 9.36. The van der Waals surface area contributed by atoms with Gasteiger partial charge in [0.25, 0.3) is 0 Å². The van der Waals surface area contributed by atoms with Gasteiger partial charge in [0.2, 0.25) is 0 Å². The molecule has 4 heteroatoms. The molecule has 2 aromatic heterocycles. The molecular formula is C51H35N3O. The minimum absolute atomic E-state index is 0.0145. The summed E-state index contributed by atoms with van der Waals surface area (Å²) in [4.78, 5) is 0. The Hall–Kier alpha value is -6.72. The van der Waals surface area contributed by atoms with Gasteiger partial charge in [0.05, 0.1) is 34.2 Å². The quantitative estimate of drug-likeness (QED) is 0.198. The molecule has 1 fully saturated rings. The third-order valence-corrected chi connectivity index (χ3v) is 11.9. The standard InChI is InChI=1S/C51H35N3O/c1-2-10-34(11-3-1)51-52-50-48(55-51)29-23-33-18-19-36-30-38(26-27-39(36)49(33)50)54-46-17-9-6-14-42(46)43-31-35(22-28-47(43)54)32-20-24-37(25-21-32)53-44-15-7-4-12-40(44)41-13-5-8-16-45(41)53/h1-31,48,50-52H. The van der Waals surface area contributed by atoms with Crippen molar-refractivity contribution in [3.05, 3.63) is 199 Å². The molecule has 8 aromatic carbocycles. The molecule has 0 bridgehead atoms. The molecule has 0 amide bonds. The van der Waals surface area contributed by atoms with Crippen LogP contribution in [0.15, 0.2) is 182 Å². The fraction of sp³-hybridized carbons (Fsp3) is 0.0588. The molecule has 2 aliphatic rings. The fourth-order valence-corrected chi connectivity index (χ4v) is 9.36.